The van der Waals surface area contributed by atoms with Crippen LogP contribution in [0.4, 0.5) is 13.2 Å². The summed E-state index contributed by atoms with van der Waals surface area (Å²) >= 11 is 0. The largest absolute Gasteiger partial charge is 0.416 e. The van der Waals surface area contributed by atoms with Gasteiger partial charge in [0.1, 0.15) is 0 Å². The molecule has 18 heavy (non-hydrogen) atoms. The minimum absolute atomic E-state index is 0.0961. The smallest absolute Gasteiger partial charge is 0.367 e. The molecule has 0 atom stereocenters. The van der Waals surface area contributed by atoms with Crippen molar-refractivity contribution in [1.29, 1.82) is 0 Å². The molecular formula is C10H12F3N5. The molecule has 0 aromatic heterocycles. The van der Waals surface area contributed by atoms with Gasteiger partial charge in [-0.2, -0.15) is 18.3 Å². The van der Waals surface area contributed by atoms with Crippen LogP contribution in [0.5, 0.6) is 0 Å². The molecule has 0 amide bonds. The molecule has 0 saturated carbocycles. The number of hydrogen-bond acceptors (Lipinski definition) is 3. The van der Waals surface area contributed by atoms with Crippen LogP contribution in [0.3, 0.4) is 0 Å². The van der Waals surface area contributed by atoms with Gasteiger partial charge < -0.3 is 11.6 Å². The monoisotopic (exact) mass is 259 g/mol. The Labute approximate surface area is 101 Å². The van der Waals surface area contributed by atoms with Crippen molar-refractivity contribution in [1.82, 2.24) is 5.43 Å². The molecule has 5 N–H and O–H groups in total. The summed E-state index contributed by atoms with van der Waals surface area (Å²) in [5.74, 6) is 4.77. The standard InChI is InChI=1S/C10H12F3N5/c1-6(17-18-9(14)16-15)7-2-4-8(5-3-7)10(11,12)13/h2-5H,15H2,1H3,(H3,14,16,18)/b17-6-. The molecule has 8 heteroatoms. The summed E-state index contributed by atoms with van der Waals surface area (Å²) in [6, 6.07) is 4.60. The normalized spacial score (nSPS) is 13.6. The highest BCUT2D eigenvalue weighted by Crippen LogP contribution is 2.29. The Bertz CT molecular complexity index is 461. The summed E-state index contributed by atoms with van der Waals surface area (Å²) in [4.78, 5) is 0. The molecule has 0 bridgehead atoms. The first kappa shape index (κ1) is 13.8. The Morgan fingerprint density at radius 1 is 1.22 bits per heavy atom. The number of halogens is 3. The Morgan fingerprint density at radius 3 is 2.22 bits per heavy atom. The van der Waals surface area contributed by atoms with E-state index in [2.05, 4.69) is 15.6 Å². The molecule has 0 saturated heterocycles. The SMILES string of the molecule is C/C(=N/N/C(N)=N\N)c1ccc(C(F)(F)F)cc1. The average Bonchev–Trinajstić information content (AvgIpc) is 2.34. The molecule has 0 aliphatic heterocycles. The molecule has 0 spiro atoms. The van der Waals surface area contributed by atoms with E-state index in [-0.39, 0.29) is 5.96 Å². The first-order valence-corrected chi connectivity index (χ1v) is 4.86. The second kappa shape index (κ2) is 5.39. The number of nitrogens with zero attached hydrogens (tertiary/aromatic N) is 2. The number of hydrogen-bond donors (Lipinski definition) is 3. The van der Waals surface area contributed by atoms with E-state index in [0.29, 0.717) is 11.3 Å². The molecule has 1 aromatic carbocycles. The van der Waals surface area contributed by atoms with Crippen LogP contribution in [-0.2, 0) is 6.18 Å². The second-order valence-corrected chi connectivity index (χ2v) is 3.40. The fourth-order valence-electron chi connectivity index (χ4n) is 1.13. The van der Waals surface area contributed by atoms with Gasteiger partial charge in [0.15, 0.2) is 0 Å². The van der Waals surface area contributed by atoms with Crippen molar-refractivity contribution < 1.29 is 13.2 Å². The highest BCUT2D eigenvalue weighted by Gasteiger charge is 2.29. The minimum atomic E-state index is -4.35. The number of alkyl halides is 3. The van der Waals surface area contributed by atoms with Crippen LogP contribution in [0.1, 0.15) is 18.1 Å². The van der Waals surface area contributed by atoms with Crippen LogP contribution in [-0.4, -0.2) is 11.7 Å². The number of rotatable bonds is 2. The summed E-state index contributed by atoms with van der Waals surface area (Å²) in [6.45, 7) is 1.61. The van der Waals surface area contributed by atoms with Gasteiger partial charge in [-0.05, 0) is 24.6 Å². The van der Waals surface area contributed by atoms with Crippen LogP contribution in [0, 0.1) is 0 Å². The van der Waals surface area contributed by atoms with E-state index >= 15 is 0 Å². The third kappa shape index (κ3) is 3.65. The lowest BCUT2D eigenvalue weighted by Gasteiger charge is -2.07. The maximum atomic E-state index is 12.3. The van der Waals surface area contributed by atoms with E-state index in [1.54, 1.807) is 6.92 Å². The third-order valence-electron chi connectivity index (χ3n) is 2.11. The molecule has 0 unspecified atom stereocenters. The van der Waals surface area contributed by atoms with Gasteiger partial charge in [0.05, 0.1) is 11.3 Å². The number of hydrazone groups is 2. The molecule has 0 heterocycles. The predicted octanol–water partition coefficient (Wildman–Crippen LogP) is 1.21. The zero-order valence-corrected chi connectivity index (χ0v) is 9.49. The van der Waals surface area contributed by atoms with E-state index < -0.39 is 11.7 Å². The van der Waals surface area contributed by atoms with Gasteiger partial charge in [0.25, 0.3) is 0 Å². The molecule has 98 valence electrons. The highest BCUT2D eigenvalue weighted by molar-refractivity contribution is 5.99. The van der Waals surface area contributed by atoms with Crippen molar-refractivity contribution >= 4 is 11.7 Å². The van der Waals surface area contributed by atoms with E-state index in [1.807, 2.05) is 0 Å². The van der Waals surface area contributed by atoms with Crippen LogP contribution in [0.2, 0.25) is 0 Å². The first-order chi connectivity index (χ1) is 8.34. The molecule has 0 aliphatic rings. The van der Waals surface area contributed by atoms with E-state index in [9.17, 15) is 13.2 Å². The van der Waals surface area contributed by atoms with Crippen molar-refractivity contribution in [3.63, 3.8) is 0 Å². The number of nitrogens with one attached hydrogen (secondary N) is 1. The number of nitrogens with two attached hydrogens (primary N) is 2. The van der Waals surface area contributed by atoms with Crippen molar-refractivity contribution in [2.24, 2.45) is 21.8 Å². The lowest BCUT2D eigenvalue weighted by Crippen LogP contribution is -2.29. The zero-order valence-electron chi connectivity index (χ0n) is 9.49. The predicted molar refractivity (Wildman–Crippen MR) is 62.6 cm³/mol. The lowest BCUT2D eigenvalue weighted by molar-refractivity contribution is -0.137. The van der Waals surface area contributed by atoms with E-state index in [1.165, 1.54) is 12.1 Å². The first-order valence-electron chi connectivity index (χ1n) is 4.86. The highest BCUT2D eigenvalue weighted by atomic mass is 19.4. The molecule has 0 radical (unpaired) electrons. The van der Waals surface area contributed by atoms with Gasteiger partial charge in [-0.25, -0.2) is 5.43 Å². The summed E-state index contributed by atoms with van der Waals surface area (Å²) in [5, 5.41) is 6.93. The van der Waals surface area contributed by atoms with Gasteiger partial charge >= 0.3 is 6.18 Å². The maximum absolute atomic E-state index is 12.3. The van der Waals surface area contributed by atoms with E-state index in [4.69, 9.17) is 11.6 Å². The topological polar surface area (TPSA) is 88.8 Å². The van der Waals surface area contributed by atoms with Gasteiger partial charge in [-0.3, -0.25) is 0 Å². The molecule has 0 aliphatic carbocycles. The lowest BCUT2D eigenvalue weighted by atomic mass is 10.1. The van der Waals surface area contributed by atoms with Crippen molar-refractivity contribution in [3.05, 3.63) is 35.4 Å². The summed E-state index contributed by atoms with van der Waals surface area (Å²) in [6.07, 6.45) is -4.35. The Morgan fingerprint density at radius 2 is 1.78 bits per heavy atom. The van der Waals surface area contributed by atoms with Crippen LogP contribution < -0.4 is 17.0 Å². The average molecular weight is 259 g/mol. The van der Waals surface area contributed by atoms with Gasteiger partial charge in [-0.1, -0.05) is 12.1 Å². The number of guanidine groups is 1. The summed E-state index contributed by atoms with van der Waals surface area (Å²) in [7, 11) is 0. The van der Waals surface area contributed by atoms with Gasteiger partial charge in [0, 0.05) is 0 Å². The summed E-state index contributed by atoms with van der Waals surface area (Å²) < 4.78 is 37.0. The van der Waals surface area contributed by atoms with Crippen LogP contribution in [0.25, 0.3) is 0 Å². The Hall–Kier alpha value is -2.25. The molecule has 1 rings (SSSR count). The van der Waals surface area contributed by atoms with Crippen molar-refractivity contribution in [3.8, 4) is 0 Å². The second-order valence-electron chi connectivity index (χ2n) is 3.40. The molecule has 0 fully saturated rings. The van der Waals surface area contributed by atoms with E-state index in [0.717, 1.165) is 12.1 Å². The maximum Gasteiger partial charge on any atom is 0.416 e. The van der Waals surface area contributed by atoms with Gasteiger partial charge in [-0.15, -0.1) is 5.10 Å². The summed E-state index contributed by atoms with van der Waals surface area (Å²) in [5.41, 5.74) is 7.85. The molecule has 1 aromatic rings. The fourth-order valence-corrected chi connectivity index (χ4v) is 1.13. The Balaban J connectivity index is 2.85. The Kier molecular flexibility index (Phi) is 4.13. The minimum Gasteiger partial charge on any atom is -0.367 e. The zero-order chi connectivity index (χ0) is 13.8. The van der Waals surface area contributed by atoms with Crippen LogP contribution in [0.15, 0.2) is 34.5 Å². The van der Waals surface area contributed by atoms with Gasteiger partial charge in [0.2, 0.25) is 5.96 Å². The molecule has 5 nitrogen and oxygen atoms in total. The number of benzene rings is 1. The van der Waals surface area contributed by atoms with Crippen molar-refractivity contribution in [2.45, 2.75) is 13.1 Å². The third-order valence-corrected chi connectivity index (χ3v) is 2.11. The van der Waals surface area contributed by atoms with Crippen LogP contribution >= 0.6 is 0 Å². The quantitative estimate of drug-likeness (QED) is 0.323. The fraction of sp³-hybridized carbons (Fsp3) is 0.200. The molecular weight excluding hydrogens is 247 g/mol. The van der Waals surface area contributed by atoms with Crippen molar-refractivity contribution in [2.75, 3.05) is 0 Å².